The Hall–Kier alpha value is -0.617. The number of allylic oxidation sites excluding steroid dienone is 1. The third kappa shape index (κ3) is 3.75. The van der Waals surface area contributed by atoms with Gasteiger partial charge in [0.05, 0.1) is 0 Å². The van der Waals surface area contributed by atoms with E-state index in [1.54, 1.807) is 21.3 Å². The maximum absolute atomic E-state index is 5.37. The quantitative estimate of drug-likeness (QED) is 0.751. The first-order chi connectivity index (χ1) is 7.76. The van der Waals surface area contributed by atoms with Gasteiger partial charge in [-0.1, -0.05) is 0 Å². The van der Waals surface area contributed by atoms with Crippen LogP contribution in [0, 0.1) is 0 Å². The van der Waals surface area contributed by atoms with Gasteiger partial charge in [-0.25, -0.2) is 0 Å². The molecule has 4 heteroatoms. The summed E-state index contributed by atoms with van der Waals surface area (Å²) >= 11 is -2.98. The second kappa shape index (κ2) is 6.86. The molecule has 0 atom stereocenters. The number of hydrogen-bond acceptors (Lipinski definition) is 3. The van der Waals surface area contributed by atoms with Crippen LogP contribution in [0.2, 0.25) is 5.25 Å². The molecule has 0 fully saturated rings. The standard InChI is InChI=1S/C12H18GeO3/c1-14-13(15-2,16-3)11-7-10-12-8-5-4-6-9-12/h4-10H,11H2,1-3H3. The molecule has 1 aromatic carbocycles. The van der Waals surface area contributed by atoms with E-state index in [2.05, 4.69) is 18.2 Å². The molecule has 0 N–H and O–H groups in total. The van der Waals surface area contributed by atoms with Gasteiger partial charge >= 0.3 is 100 Å². The first-order valence-corrected chi connectivity index (χ1v) is 9.18. The van der Waals surface area contributed by atoms with Crippen molar-refractivity contribution in [3.63, 3.8) is 0 Å². The van der Waals surface area contributed by atoms with Crippen molar-refractivity contribution in [3.8, 4) is 0 Å². The van der Waals surface area contributed by atoms with Gasteiger partial charge in [0.15, 0.2) is 0 Å². The molecule has 3 nitrogen and oxygen atoms in total. The van der Waals surface area contributed by atoms with E-state index in [1.807, 2.05) is 24.3 Å². The summed E-state index contributed by atoms with van der Waals surface area (Å²) in [5.74, 6) is 0. The summed E-state index contributed by atoms with van der Waals surface area (Å²) in [7, 11) is 4.93. The van der Waals surface area contributed by atoms with Gasteiger partial charge in [0.2, 0.25) is 0 Å². The monoisotopic (exact) mass is 284 g/mol. The molecule has 1 rings (SSSR count). The molecule has 0 radical (unpaired) electrons. The van der Waals surface area contributed by atoms with Crippen molar-refractivity contribution < 1.29 is 11.3 Å². The number of rotatable bonds is 6. The molecule has 0 amide bonds. The molecule has 16 heavy (non-hydrogen) atoms. The Labute approximate surface area is 100 Å². The molecule has 0 aliphatic rings. The average molecular weight is 283 g/mol. The van der Waals surface area contributed by atoms with Crippen molar-refractivity contribution in [3.05, 3.63) is 42.0 Å². The topological polar surface area (TPSA) is 27.7 Å². The van der Waals surface area contributed by atoms with Crippen LogP contribution in [-0.2, 0) is 11.3 Å². The number of hydrogen-bond donors (Lipinski definition) is 0. The molecule has 1 aromatic rings. The normalized spacial score (nSPS) is 12.2. The van der Waals surface area contributed by atoms with Crippen molar-refractivity contribution in [1.29, 1.82) is 0 Å². The summed E-state index contributed by atoms with van der Waals surface area (Å²) in [5, 5.41) is 0.721. The zero-order valence-corrected chi connectivity index (χ0v) is 12.1. The van der Waals surface area contributed by atoms with Crippen LogP contribution in [0.25, 0.3) is 6.08 Å². The number of benzene rings is 1. The van der Waals surface area contributed by atoms with Crippen LogP contribution in [-0.4, -0.2) is 35.6 Å². The van der Waals surface area contributed by atoms with Crippen LogP contribution in [0.15, 0.2) is 36.4 Å². The van der Waals surface area contributed by atoms with Gasteiger partial charge < -0.3 is 0 Å². The van der Waals surface area contributed by atoms with Crippen LogP contribution in [0.5, 0.6) is 0 Å². The van der Waals surface area contributed by atoms with Gasteiger partial charge in [0, 0.05) is 0 Å². The van der Waals surface area contributed by atoms with E-state index in [4.69, 9.17) is 11.3 Å². The minimum atomic E-state index is -2.98. The first kappa shape index (κ1) is 13.4. The Morgan fingerprint density at radius 3 is 2.06 bits per heavy atom. The van der Waals surface area contributed by atoms with Gasteiger partial charge in [-0.05, 0) is 0 Å². The Bertz CT molecular complexity index is 312. The van der Waals surface area contributed by atoms with Crippen LogP contribution in [0.4, 0.5) is 0 Å². The van der Waals surface area contributed by atoms with E-state index in [9.17, 15) is 0 Å². The molecular formula is C12H18GeO3. The Morgan fingerprint density at radius 2 is 1.56 bits per heavy atom. The van der Waals surface area contributed by atoms with Crippen LogP contribution < -0.4 is 0 Å². The summed E-state index contributed by atoms with van der Waals surface area (Å²) in [4.78, 5) is 0. The second-order valence-electron chi connectivity index (χ2n) is 3.31. The molecular weight excluding hydrogens is 265 g/mol. The van der Waals surface area contributed by atoms with E-state index in [-0.39, 0.29) is 0 Å². The Morgan fingerprint density at radius 1 is 1.00 bits per heavy atom. The summed E-state index contributed by atoms with van der Waals surface area (Å²) < 4.78 is 16.1. The van der Waals surface area contributed by atoms with Crippen LogP contribution in [0.1, 0.15) is 5.56 Å². The van der Waals surface area contributed by atoms with Gasteiger partial charge in [-0.15, -0.1) is 0 Å². The van der Waals surface area contributed by atoms with Crippen molar-refractivity contribution in [1.82, 2.24) is 0 Å². The SMILES string of the molecule is C[O][Ge]([CH2]C=Cc1ccccc1)([O]C)[O]C. The fraction of sp³-hybridized carbons (Fsp3) is 0.333. The van der Waals surface area contributed by atoms with Crippen LogP contribution in [0.3, 0.4) is 0 Å². The van der Waals surface area contributed by atoms with E-state index in [0.29, 0.717) is 0 Å². The third-order valence-electron chi connectivity index (χ3n) is 2.41. The molecule has 0 aromatic heterocycles. The van der Waals surface area contributed by atoms with Gasteiger partial charge in [0.1, 0.15) is 0 Å². The van der Waals surface area contributed by atoms with E-state index in [0.717, 1.165) is 5.25 Å². The van der Waals surface area contributed by atoms with E-state index in [1.165, 1.54) is 5.56 Å². The van der Waals surface area contributed by atoms with E-state index >= 15 is 0 Å². The predicted molar refractivity (Wildman–Crippen MR) is 67.1 cm³/mol. The fourth-order valence-corrected chi connectivity index (χ4v) is 4.35. The van der Waals surface area contributed by atoms with Crippen molar-refractivity contribution in [2.45, 2.75) is 5.25 Å². The third-order valence-corrected chi connectivity index (χ3v) is 7.87. The molecule has 0 unspecified atom stereocenters. The zero-order chi connectivity index (χ0) is 11.9. The summed E-state index contributed by atoms with van der Waals surface area (Å²) in [6, 6.07) is 10.1. The molecule has 88 valence electrons. The summed E-state index contributed by atoms with van der Waals surface area (Å²) in [6.45, 7) is 0. The molecule has 0 bridgehead atoms. The van der Waals surface area contributed by atoms with Crippen LogP contribution >= 0.6 is 0 Å². The maximum atomic E-state index is 5.37. The van der Waals surface area contributed by atoms with Gasteiger partial charge in [-0.2, -0.15) is 0 Å². The van der Waals surface area contributed by atoms with Gasteiger partial charge in [-0.3, -0.25) is 0 Å². The summed E-state index contributed by atoms with van der Waals surface area (Å²) in [6.07, 6.45) is 4.10. The van der Waals surface area contributed by atoms with Crippen molar-refractivity contribution in [2.75, 3.05) is 21.3 Å². The Kier molecular flexibility index (Phi) is 5.76. The molecule has 0 aliphatic heterocycles. The minimum absolute atomic E-state index is 0.721. The summed E-state index contributed by atoms with van der Waals surface area (Å²) in [5.41, 5.74) is 1.17. The molecule has 0 heterocycles. The molecule has 0 aliphatic carbocycles. The molecule has 0 spiro atoms. The first-order valence-electron chi connectivity index (χ1n) is 5.13. The van der Waals surface area contributed by atoms with Crippen molar-refractivity contribution in [2.24, 2.45) is 0 Å². The predicted octanol–water partition coefficient (Wildman–Crippen LogP) is 2.58. The Balaban J connectivity index is 2.59. The molecule has 0 saturated heterocycles. The van der Waals surface area contributed by atoms with Gasteiger partial charge in [0.25, 0.3) is 0 Å². The van der Waals surface area contributed by atoms with Crippen molar-refractivity contribution >= 4 is 20.4 Å². The zero-order valence-electron chi connectivity index (χ0n) is 9.97. The van der Waals surface area contributed by atoms with E-state index < -0.39 is 14.3 Å². The molecule has 0 saturated carbocycles. The average Bonchev–Trinajstić information content (AvgIpc) is 2.37. The second-order valence-corrected chi connectivity index (χ2v) is 9.60. The fourth-order valence-electron chi connectivity index (χ4n) is 1.40.